The first-order chi connectivity index (χ1) is 8.68. The van der Waals surface area contributed by atoms with Crippen LogP contribution >= 0.6 is 15.9 Å². The molecule has 0 saturated carbocycles. The van der Waals surface area contributed by atoms with E-state index in [0.717, 1.165) is 30.3 Å². The molecule has 0 spiro atoms. The molecular formula is C15H22BrNO. The lowest BCUT2D eigenvalue weighted by Crippen LogP contribution is -2.13. The van der Waals surface area contributed by atoms with Crippen molar-refractivity contribution in [1.82, 2.24) is 0 Å². The fourth-order valence-corrected chi connectivity index (χ4v) is 3.11. The van der Waals surface area contributed by atoms with Crippen molar-refractivity contribution in [3.63, 3.8) is 0 Å². The maximum absolute atomic E-state index is 6.28. The third kappa shape index (κ3) is 3.56. The average molecular weight is 312 g/mol. The van der Waals surface area contributed by atoms with Gasteiger partial charge in [0.1, 0.15) is 0 Å². The van der Waals surface area contributed by atoms with Crippen molar-refractivity contribution in [2.75, 3.05) is 6.61 Å². The largest absolute Gasteiger partial charge is 0.378 e. The summed E-state index contributed by atoms with van der Waals surface area (Å²) in [6, 6.07) is 6.43. The first kappa shape index (κ1) is 14.0. The van der Waals surface area contributed by atoms with E-state index in [1.807, 2.05) is 0 Å². The molecule has 1 saturated heterocycles. The van der Waals surface area contributed by atoms with Crippen molar-refractivity contribution < 1.29 is 4.74 Å². The molecule has 0 aliphatic carbocycles. The minimum atomic E-state index is 0.126. The average Bonchev–Trinajstić information content (AvgIpc) is 2.85. The lowest BCUT2D eigenvalue weighted by molar-refractivity contribution is 0.101. The van der Waals surface area contributed by atoms with E-state index in [4.69, 9.17) is 10.5 Å². The second-order valence-corrected chi connectivity index (χ2v) is 5.94. The van der Waals surface area contributed by atoms with E-state index in [0.29, 0.717) is 6.10 Å². The normalized spacial score (nSPS) is 21.2. The van der Waals surface area contributed by atoms with Crippen LogP contribution in [0.5, 0.6) is 0 Å². The first-order valence-corrected chi connectivity index (χ1v) is 7.60. The Hall–Kier alpha value is -0.380. The lowest BCUT2D eigenvalue weighted by Gasteiger charge is -2.16. The molecule has 18 heavy (non-hydrogen) atoms. The molecule has 100 valence electrons. The smallest absolute Gasteiger partial charge is 0.0576 e. The van der Waals surface area contributed by atoms with Gasteiger partial charge in [-0.05, 0) is 50.2 Å². The summed E-state index contributed by atoms with van der Waals surface area (Å²) in [5.74, 6) is 0. The molecule has 2 nitrogen and oxygen atoms in total. The van der Waals surface area contributed by atoms with Gasteiger partial charge in [-0.2, -0.15) is 0 Å². The van der Waals surface area contributed by atoms with Crippen LogP contribution in [-0.2, 0) is 4.74 Å². The monoisotopic (exact) mass is 311 g/mol. The van der Waals surface area contributed by atoms with Crippen LogP contribution in [0, 0.1) is 6.92 Å². The standard InChI is InChI=1S/C15H22BrNO/c1-11-5-2-8-13(15(11)16)14(17)9-3-6-12-7-4-10-18-12/h2,5,8,12,14H,3-4,6-7,9-10,17H2,1H3. The Morgan fingerprint density at radius 1 is 1.50 bits per heavy atom. The number of ether oxygens (including phenoxy) is 1. The summed E-state index contributed by atoms with van der Waals surface area (Å²) in [4.78, 5) is 0. The van der Waals surface area contributed by atoms with E-state index in [1.54, 1.807) is 0 Å². The van der Waals surface area contributed by atoms with Crippen LogP contribution in [0.15, 0.2) is 22.7 Å². The van der Waals surface area contributed by atoms with Gasteiger partial charge in [0.25, 0.3) is 0 Å². The highest BCUT2D eigenvalue weighted by Crippen LogP contribution is 2.28. The van der Waals surface area contributed by atoms with E-state index in [-0.39, 0.29) is 6.04 Å². The number of hydrogen-bond donors (Lipinski definition) is 1. The highest BCUT2D eigenvalue weighted by Gasteiger charge is 2.16. The Labute approximate surface area is 118 Å². The Balaban J connectivity index is 1.83. The maximum atomic E-state index is 6.28. The van der Waals surface area contributed by atoms with Gasteiger partial charge in [0.2, 0.25) is 0 Å². The van der Waals surface area contributed by atoms with E-state index >= 15 is 0 Å². The van der Waals surface area contributed by atoms with E-state index < -0.39 is 0 Å². The van der Waals surface area contributed by atoms with Crippen LogP contribution in [0.25, 0.3) is 0 Å². The molecular weight excluding hydrogens is 290 g/mol. The van der Waals surface area contributed by atoms with Crippen LogP contribution in [0.4, 0.5) is 0 Å². The molecule has 2 atom stereocenters. The predicted molar refractivity (Wildman–Crippen MR) is 78.6 cm³/mol. The van der Waals surface area contributed by atoms with Gasteiger partial charge in [0, 0.05) is 17.1 Å². The van der Waals surface area contributed by atoms with Crippen LogP contribution in [-0.4, -0.2) is 12.7 Å². The van der Waals surface area contributed by atoms with Crippen molar-refractivity contribution >= 4 is 15.9 Å². The summed E-state index contributed by atoms with van der Waals surface area (Å²) in [6.45, 7) is 3.05. The van der Waals surface area contributed by atoms with Crippen molar-refractivity contribution in [2.24, 2.45) is 5.73 Å². The number of hydrogen-bond acceptors (Lipinski definition) is 2. The van der Waals surface area contributed by atoms with Gasteiger partial charge in [-0.25, -0.2) is 0 Å². The topological polar surface area (TPSA) is 35.2 Å². The van der Waals surface area contributed by atoms with Crippen molar-refractivity contribution in [1.29, 1.82) is 0 Å². The van der Waals surface area contributed by atoms with Gasteiger partial charge in [0.15, 0.2) is 0 Å². The van der Waals surface area contributed by atoms with Crippen LogP contribution in [0.2, 0.25) is 0 Å². The number of rotatable bonds is 5. The van der Waals surface area contributed by atoms with Gasteiger partial charge >= 0.3 is 0 Å². The van der Waals surface area contributed by atoms with E-state index in [2.05, 4.69) is 41.1 Å². The molecule has 0 aromatic heterocycles. The zero-order valence-electron chi connectivity index (χ0n) is 11.0. The molecule has 2 N–H and O–H groups in total. The van der Waals surface area contributed by atoms with E-state index in [9.17, 15) is 0 Å². The summed E-state index contributed by atoms with van der Waals surface area (Å²) in [6.07, 6.45) is 6.26. The molecule has 2 unspecified atom stereocenters. The minimum Gasteiger partial charge on any atom is -0.378 e. The molecule has 1 heterocycles. The molecule has 2 rings (SSSR count). The fourth-order valence-electron chi connectivity index (χ4n) is 2.55. The molecule has 1 aliphatic rings. The fraction of sp³-hybridized carbons (Fsp3) is 0.600. The van der Waals surface area contributed by atoms with Crippen molar-refractivity contribution in [3.8, 4) is 0 Å². The Bertz CT molecular complexity index is 388. The summed E-state index contributed by atoms with van der Waals surface area (Å²) in [7, 11) is 0. The zero-order chi connectivity index (χ0) is 13.0. The maximum Gasteiger partial charge on any atom is 0.0576 e. The Morgan fingerprint density at radius 3 is 3.06 bits per heavy atom. The number of aryl methyl sites for hydroxylation is 1. The third-order valence-corrected chi connectivity index (χ3v) is 4.77. The highest BCUT2D eigenvalue weighted by molar-refractivity contribution is 9.10. The highest BCUT2D eigenvalue weighted by atomic mass is 79.9. The Morgan fingerprint density at radius 2 is 2.33 bits per heavy atom. The molecule has 1 fully saturated rings. The van der Waals surface area contributed by atoms with Gasteiger partial charge in [-0.15, -0.1) is 0 Å². The van der Waals surface area contributed by atoms with Gasteiger partial charge in [-0.3, -0.25) is 0 Å². The summed E-state index contributed by atoms with van der Waals surface area (Å²) >= 11 is 3.63. The van der Waals surface area contributed by atoms with Crippen molar-refractivity contribution in [2.45, 2.75) is 51.2 Å². The summed E-state index contributed by atoms with van der Waals surface area (Å²) in [5.41, 5.74) is 8.75. The first-order valence-electron chi connectivity index (χ1n) is 6.80. The summed E-state index contributed by atoms with van der Waals surface area (Å²) in [5, 5.41) is 0. The SMILES string of the molecule is Cc1cccc(C(N)CCCC2CCCO2)c1Br. The lowest BCUT2D eigenvalue weighted by atomic mass is 9.99. The molecule has 0 amide bonds. The zero-order valence-corrected chi connectivity index (χ0v) is 12.6. The van der Waals surface area contributed by atoms with Gasteiger partial charge < -0.3 is 10.5 Å². The molecule has 3 heteroatoms. The van der Waals surface area contributed by atoms with Crippen LogP contribution in [0.3, 0.4) is 0 Å². The Kier molecular flexibility index (Phi) is 5.22. The van der Waals surface area contributed by atoms with E-state index in [1.165, 1.54) is 24.0 Å². The second-order valence-electron chi connectivity index (χ2n) is 5.15. The molecule has 1 aromatic carbocycles. The van der Waals surface area contributed by atoms with Crippen LogP contribution < -0.4 is 5.73 Å². The molecule has 0 radical (unpaired) electrons. The van der Waals surface area contributed by atoms with Gasteiger partial charge in [0.05, 0.1) is 6.10 Å². The predicted octanol–water partition coefficient (Wildman–Crippen LogP) is 4.11. The van der Waals surface area contributed by atoms with Gasteiger partial charge in [-0.1, -0.05) is 34.1 Å². The third-order valence-electron chi connectivity index (χ3n) is 3.69. The number of nitrogens with two attached hydrogens (primary N) is 1. The molecule has 1 aliphatic heterocycles. The molecule has 0 bridgehead atoms. The summed E-state index contributed by atoms with van der Waals surface area (Å²) < 4.78 is 6.79. The number of benzene rings is 1. The quantitative estimate of drug-likeness (QED) is 0.888. The van der Waals surface area contributed by atoms with Crippen molar-refractivity contribution in [3.05, 3.63) is 33.8 Å². The van der Waals surface area contributed by atoms with Crippen LogP contribution in [0.1, 0.15) is 49.3 Å². The second kappa shape index (κ2) is 6.69. The molecule has 1 aromatic rings. The number of halogens is 1. The minimum absolute atomic E-state index is 0.126.